The molecule has 0 aliphatic carbocycles. The first kappa shape index (κ1) is 10.3. The predicted molar refractivity (Wildman–Crippen MR) is 59.9 cm³/mol. The average Bonchev–Trinajstić information content (AvgIpc) is 2.65. The first-order valence-corrected chi connectivity index (χ1v) is 5.57. The van der Waals surface area contributed by atoms with Gasteiger partial charge in [-0.05, 0) is 19.9 Å². The number of aromatic nitrogens is 2. The van der Waals surface area contributed by atoms with Crippen LogP contribution in [0.5, 0.6) is 0 Å². The highest BCUT2D eigenvalue weighted by atomic mass is 32.1. The summed E-state index contributed by atoms with van der Waals surface area (Å²) in [6.45, 7) is 3.82. The molecule has 1 unspecified atom stereocenters. The fourth-order valence-electron chi connectivity index (χ4n) is 1.37. The Morgan fingerprint density at radius 3 is 2.60 bits per heavy atom. The molecule has 0 amide bonds. The SMILES string of the molecule is Cc1ccc(C(O)c2scnc2C)cn1. The zero-order chi connectivity index (χ0) is 10.8. The van der Waals surface area contributed by atoms with E-state index in [-0.39, 0.29) is 0 Å². The molecular formula is C11H12N2OS. The summed E-state index contributed by atoms with van der Waals surface area (Å²) >= 11 is 1.47. The molecule has 2 aromatic heterocycles. The molecule has 0 saturated heterocycles. The van der Waals surface area contributed by atoms with Gasteiger partial charge in [-0.1, -0.05) is 6.07 Å². The lowest BCUT2D eigenvalue weighted by Gasteiger charge is -2.09. The van der Waals surface area contributed by atoms with E-state index < -0.39 is 6.10 Å². The molecule has 0 bridgehead atoms. The first-order valence-electron chi connectivity index (χ1n) is 4.69. The van der Waals surface area contributed by atoms with Gasteiger partial charge in [0.05, 0.1) is 16.1 Å². The van der Waals surface area contributed by atoms with Crippen molar-refractivity contribution in [2.24, 2.45) is 0 Å². The van der Waals surface area contributed by atoms with Crippen LogP contribution >= 0.6 is 11.3 Å². The Bertz CT molecular complexity index is 450. The lowest BCUT2D eigenvalue weighted by atomic mass is 10.1. The number of hydrogen-bond acceptors (Lipinski definition) is 4. The molecule has 0 fully saturated rings. The lowest BCUT2D eigenvalue weighted by molar-refractivity contribution is 0.222. The highest BCUT2D eigenvalue weighted by molar-refractivity contribution is 7.09. The van der Waals surface area contributed by atoms with Crippen LogP contribution in [0.3, 0.4) is 0 Å². The van der Waals surface area contributed by atoms with Crippen molar-refractivity contribution in [1.29, 1.82) is 0 Å². The van der Waals surface area contributed by atoms with Crippen molar-refractivity contribution in [2.45, 2.75) is 20.0 Å². The molecular weight excluding hydrogens is 208 g/mol. The summed E-state index contributed by atoms with van der Waals surface area (Å²) in [6, 6.07) is 3.79. The predicted octanol–water partition coefficient (Wildman–Crippen LogP) is 2.24. The minimum absolute atomic E-state index is 0.606. The quantitative estimate of drug-likeness (QED) is 0.844. The van der Waals surface area contributed by atoms with Crippen molar-refractivity contribution in [3.8, 4) is 0 Å². The molecule has 1 N–H and O–H groups in total. The normalized spacial score (nSPS) is 12.7. The summed E-state index contributed by atoms with van der Waals surface area (Å²) in [5, 5.41) is 10.1. The number of thiazole rings is 1. The molecule has 0 spiro atoms. The fourth-order valence-corrected chi connectivity index (χ4v) is 2.18. The Morgan fingerprint density at radius 2 is 2.07 bits per heavy atom. The minimum atomic E-state index is -0.606. The molecule has 15 heavy (non-hydrogen) atoms. The van der Waals surface area contributed by atoms with Gasteiger partial charge in [-0.25, -0.2) is 4.98 Å². The second-order valence-corrected chi connectivity index (χ2v) is 4.32. The number of aryl methyl sites for hydroxylation is 2. The number of hydrogen-bond donors (Lipinski definition) is 1. The third-order valence-electron chi connectivity index (χ3n) is 2.28. The molecule has 2 rings (SSSR count). The minimum Gasteiger partial charge on any atom is -0.383 e. The zero-order valence-corrected chi connectivity index (χ0v) is 9.45. The average molecular weight is 220 g/mol. The highest BCUT2D eigenvalue weighted by Crippen LogP contribution is 2.27. The maximum atomic E-state index is 10.1. The summed E-state index contributed by atoms with van der Waals surface area (Å²) in [5.41, 5.74) is 4.39. The van der Waals surface area contributed by atoms with Crippen LogP contribution in [0.1, 0.15) is 27.9 Å². The van der Waals surface area contributed by atoms with E-state index in [1.54, 1.807) is 11.7 Å². The number of pyridine rings is 1. The maximum Gasteiger partial charge on any atom is 0.117 e. The second-order valence-electron chi connectivity index (χ2n) is 3.44. The van der Waals surface area contributed by atoms with Gasteiger partial charge in [-0.15, -0.1) is 11.3 Å². The van der Waals surface area contributed by atoms with Gasteiger partial charge >= 0.3 is 0 Å². The van der Waals surface area contributed by atoms with E-state index in [2.05, 4.69) is 9.97 Å². The largest absolute Gasteiger partial charge is 0.383 e. The third-order valence-corrected chi connectivity index (χ3v) is 3.26. The smallest absolute Gasteiger partial charge is 0.117 e. The molecule has 2 aromatic rings. The van der Waals surface area contributed by atoms with Crippen molar-refractivity contribution in [3.05, 3.63) is 45.7 Å². The highest BCUT2D eigenvalue weighted by Gasteiger charge is 2.15. The van der Waals surface area contributed by atoms with E-state index in [9.17, 15) is 5.11 Å². The Balaban J connectivity index is 2.32. The van der Waals surface area contributed by atoms with Crippen LogP contribution in [0, 0.1) is 13.8 Å². The Hall–Kier alpha value is -1.26. The van der Waals surface area contributed by atoms with E-state index >= 15 is 0 Å². The topological polar surface area (TPSA) is 46.0 Å². The molecule has 4 heteroatoms. The number of aliphatic hydroxyl groups excluding tert-OH is 1. The maximum absolute atomic E-state index is 10.1. The van der Waals surface area contributed by atoms with Gasteiger partial charge in [0, 0.05) is 17.5 Å². The molecule has 0 aliphatic heterocycles. The zero-order valence-electron chi connectivity index (χ0n) is 8.64. The standard InChI is InChI=1S/C11H12N2OS/c1-7-3-4-9(5-12-7)10(14)11-8(2)13-6-15-11/h3-6,10,14H,1-2H3. The Kier molecular flexibility index (Phi) is 2.79. The van der Waals surface area contributed by atoms with Crippen molar-refractivity contribution < 1.29 is 5.11 Å². The molecule has 2 heterocycles. The van der Waals surface area contributed by atoms with E-state index in [1.165, 1.54) is 11.3 Å². The monoisotopic (exact) mass is 220 g/mol. The van der Waals surface area contributed by atoms with Crippen molar-refractivity contribution >= 4 is 11.3 Å². The number of rotatable bonds is 2. The first-order chi connectivity index (χ1) is 7.18. The van der Waals surface area contributed by atoms with Crippen LogP contribution < -0.4 is 0 Å². The van der Waals surface area contributed by atoms with Crippen LogP contribution in [0.15, 0.2) is 23.8 Å². The van der Waals surface area contributed by atoms with Crippen LogP contribution in [0.4, 0.5) is 0 Å². The van der Waals surface area contributed by atoms with Crippen LogP contribution in [0.25, 0.3) is 0 Å². The summed E-state index contributed by atoms with van der Waals surface area (Å²) < 4.78 is 0. The van der Waals surface area contributed by atoms with E-state index in [4.69, 9.17) is 0 Å². The fraction of sp³-hybridized carbons (Fsp3) is 0.273. The van der Waals surface area contributed by atoms with Crippen LogP contribution in [0.2, 0.25) is 0 Å². The van der Waals surface area contributed by atoms with E-state index in [1.807, 2.05) is 26.0 Å². The Labute approximate surface area is 92.5 Å². The number of aliphatic hydroxyl groups is 1. The van der Waals surface area contributed by atoms with Gasteiger partial charge < -0.3 is 5.11 Å². The van der Waals surface area contributed by atoms with Crippen LogP contribution in [-0.4, -0.2) is 15.1 Å². The molecule has 1 atom stereocenters. The van der Waals surface area contributed by atoms with Crippen LogP contribution in [-0.2, 0) is 0 Å². The van der Waals surface area contributed by atoms with Gasteiger partial charge in [0.15, 0.2) is 0 Å². The molecule has 0 saturated carbocycles. The molecule has 78 valence electrons. The summed E-state index contributed by atoms with van der Waals surface area (Å²) in [4.78, 5) is 9.17. The van der Waals surface area contributed by atoms with Crippen molar-refractivity contribution in [2.75, 3.05) is 0 Å². The van der Waals surface area contributed by atoms with Gasteiger partial charge in [0.1, 0.15) is 6.10 Å². The lowest BCUT2D eigenvalue weighted by Crippen LogP contribution is -2.00. The van der Waals surface area contributed by atoms with Crippen molar-refractivity contribution in [1.82, 2.24) is 9.97 Å². The molecule has 3 nitrogen and oxygen atoms in total. The van der Waals surface area contributed by atoms with Gasteiger partial charge in [-0.3, -0.25) is 4.98 Å². The summed E-state index contributed by atoms with van der Waals surface area (Å²) in [6.07, 6.45) is 1.10. The second kappa shape index (κ2) is 4.08. The summed E-state index contributed by atoms with van der Waals surface area (Å²) in [7, 11) is 0. The van der Waals surface area contributed by atoms with Gasteiger partial charge in [-0.2, -0.15) is 0 Å². The van der Waals surface area contributed by atoms with Crippen molar-refractivity contribution in [3.63, 3.8) is 0 Å². The van der Waals surface area contributed by atoms with E-state index in [0.29, 0.717) is 0 Å². The van der Waals surface area contributed by atoms with Gasteiger partial charge in [0.25, 0.3) is 0 Å². The molecule has 0 aliphatic rings. The molecule has 0 radical (unpaired) electrons. The summed E-state index contributed by atoms with van der Waals surface area (Å²) in [5.74, 6) is 0. The third kappa shape index (κ3) is 2.06. The molecule has 0 aromatic carbocycles. The van der Waals surface area contributed by atoms with E-state index in [0.717, 1.165) is 21.8 Å². The van der Waals surface area contributed by atoms with Gasteiger partial charge in [0.2, 0.25) is 0 Å². The Morgan fingerprint density at radius 1 is 1.27 bits per heavy atom. The number of nitrogens with zero attached hydrogens (tertiary/aromatic N) is 2.